The summed E-state index contributed by atoms with van der Waals surface area (Å²) in [5, 5.41) is 1.34. The lowest BCUT2D eigenvalue weighted by Gasteiger charge is -2.16. The van der Waals surface area contributed by atoms with Crippen LogP contribution in [-0.2, 0) is 0 Å². The molecule has 0 amide bonds. The molecule has 0 radical (unpaired) electrons. The van der Waals surface area contributed by atoms with E-state index in [1.807, 2.05) is 12.1 Å². The van der Waals surface area contributed by atoms with Crippen molar-refractivity contribution < 1.29 is 0 Å². The van der Waals surface area contributed by atoms with Crippen LogP contribution >= 0.6 is 39.1 Å². The Balaban J connectivity index is 2.48. The first-order valence-electron chi connectivity index (χ1n) is 5.66. The van der Waals surface area contributed by atoms with Gasteiger partial charge < -0.3 is 0 Å². The number of rotatable bonds is 2. The van der Waals surface area contributed by atoms with Gasteiger partial charge in [-0.15, -0.1) is 0 Å². The van der Waals surface area contributed by atoms with Crippen molar-refractivity contribution in [1.82, 2.24) is 0 Å². The van der Waals surface area contributed by atoms with Gasteiger partial charge in [-0.1, -0.05) is 63.4 Å². The Morgan fingerprint density at radius 1 is 1.00 bits per heavy atom. The maximum absolute atomic E-state index is 6.25. The topological polar surface area (TPSA) is 0 Å². The van der Waals surface area contributed by atoms with Crippen molar-refractivity contribution >= 4 is 39.1 Å². The van der Waals surface area contributed by atoms with Crippen LogP contribution in [0.25, 0.3) is 0 Å². The van der Waals surface area contributed by atoms with Gasteiger partial charge in [0.15, 0.2) is 0 Å². The van der Waals surface area contributed by atoms with Crippen LogP contribution in [0.1, 0.15) is 27.1 Å². The Hall–Kier alpha value is -0.500. The zero-order valence-corrected chi connectivity index (χ0v) is 13.3. The molecule has 0 spiro atoms. The van der Waals surface area contributed by atoms with E-state index in [0.29, 0.717) is 10.0 Å². The highest BCUT2D eigenvalue weighted by atomic mass is 79.9. The van der Waals surface area contributed by atoms with E-state index in [-0.39, 0.29) is 4.83 Å². The maximum Gasteiger partial charge on any atom is 0.0661 e. The number of hydrogen-bond acceptors (Lipinski definition) is 0. The molecule has 0 saturated heterocycles. The average molecular weight is 344 g/mol. The number of benzene rings is 2. The Kier molecular flexibility index (Phi) is 4.37. The highest BCUT2D eigenvalue weighted by Crippen LogP contribution is 2.38. The summed E-state index contributed by atoms with van der Waals surface area (Å²) >= 11 is 15.9. The molecule has 0 nitrogen and oxygen atoms in total. The Bertz CT molecular complexity index is 579. The summed E-state index contributed by atoms with van der Waals surface area (Å²) in [7, 11) is 0. The largest absolute Gasteiger partial charge is 0.0843 e. The fourth-order valence-corrected chi connectivity index (χ4v) is 3.47. The molecule has 0 fully saturated rings. The normalized spacial score (nSPS) is 12.5. The summed E-state index contributed by atoms with van der Waals surface area (Å²) in [5.74, 6) is 0. The number of halogens is 3. The molecule has 2 rings (SSSR count). The predicted octanol–water partition coefficient (Wildman–Crippen LogP) is 6.09. The van der Waals surface area contributed by atoms with Gasteiger partial charge in [0, 0.05) is 10.0 Å². The van der Waals surface area contributed by atoms with Gasteiger partial charge in [-0.25, -0.2) is 0 Å². The Labute approximate surface area is 126 Å². The van der Waals surface area contributed by atoms with E-state index < -0.39 is 0 Å². The molecule has 0 bridgehead atoms. The lowest BCUT2D eigenvalue weighted by molar-refractivity contribution is 1.13. The van der Waals surface area contributed by atoms with Crippen LogP contribution in [-0.4, -0.2) is 0 Å². The summed E-state index contributed by atoms with van der Waals surface area (Å²) in [6, 6.07) is 11.9. The molecular weight excluding hydrogens is 331 g/mol. The third-order valence-electron chi connectivity index (χ3n) is 3.16. The minimum absolute atomic E-state index is 0.0853. The zero-order chi connectivity index (χ0) is 13.3. The second kappa shape index (κ2) is 5.64. The number of aryl methyl sites for hydroxylation is 1. The summed E-state index contributed by atoms with van der Waals surface area (Å²) in [5.41, 5.74) is 4.83. The van der Waals surface area contributed by atoms with E-state index >= 15 is 0 Å². The first-order valence-corrected chi connectivity index (χ1v) is 7.33. The van der Waals surface area contributed by atoms with E-state index in [0.717, 1.165) is 5.56 Å². The minimum Gasteiger partial charge on any atom is -0.0843 e. The smallest absolute Gasteiger partial charge is 0.0661 e. The van der Waals surface area contributed by atoms with E-state index in [4.69, 9.17) is 23.2 Å². The Morgan fingerprint density at radius 2 is 1.72 bits per heavy atom. The first-order chi connectivity index (χ1) is 8.50. The molecule has 0 aromatic heterocycles. The van der Waals surface area contributed by atoms with Crippen LogP contribution in [0, 0.1) is 13.8 Å². The minimum atomic E-state index is 0.0853. The van der Waals surface area contributed by atoms with E-state index in [1.54, 1.807) is 6.07 Å². The second-order valence-corrected chi connectivity index (χ2v) is 6.08. The molecule has 0 heterocycles. The fourth-order valence-electron chi connectivity index (χ4n) is 1.92. The third-order valence-corrected chi connectivity index (χ3v) is 4.70. The van der Waals surface area contributed by atoms with Crippen molar-refractivity contribution in [3.05, 3.63) is 68.7 Å². The van der Waals surface area contributed by atoms with Crippen LogP contribution in [0.5, 0.6) is 0 Å². The number of hydrogen-bond donors (Lipinski definition) is 0. The molecule has 1 atom stereocenters. The number of alkyl halides is 1. The van der Waals surface area contributed by atoms with Crippen LogP contribution < -0.4 is 0 Å². The van der Waals surface area contributed by atoms with Gasteiger partial charge in [-0.2, -0.15) is 0 Å². The second-order valence-electron chi connectivity index (χ2n) is 4.32. The summed E-state index contributed by atoms with van der Waals surface area (Å²) in [6.45, 7) is 4.24. The highest BCUT2D eigenvalue weighted by Gasteiger charge is 2.16. The van der Waals surface area contributed by atoms with Crippen molar-refractivity contribution in [2.45, 2.75) is 18.7 Å². The van der Waals surface area contributed by atoms with Crippen molar-refractivity contribution in [3.8, 4) is 0 Å². The summed E-state index contributed by atoms with van der Waals surface area (Å²) < 4.78 is 0. The van der Waals surface area contributed by atoms with Crippen molar-refractivity contribution in [1.29, 1.82) is 0 Å². The van der Waals surface area contributed by atoms with Gasteiger partial charge in [0.1, 0.15) is 0 Å². The zero-order valence-electron chi connectivity index (χ0n) is 10.2. The van der Waals surface area contributed by atoms with Gasteiger partial charge in [0.2, 0.25) is 0 Å². The monoisotopic (exact) mass is 342 g/mol. The molecule has 3 heteroatoms. The molecule has 0 aliphatic rings. The van der Waals surface area contributed by atoms with Gasteiger partial charge in [-0.05, 0) is 48.2 Å². The molecule has 0 saturated carbocycles. The molecule has 2 aromatic rings. The van der Waals surface area contributed by atoms with Gasteiger partial charge in [0.05, 0.1) is 4.83 Å². The standard InChI is InChI=1S/C15H13BrCl2/c1-9-4-3-5-12(10(9)2)15(16)13-7-6-11(17)8-14(13)18/h3-8,15H,1-2H3. The lowest BCUT2D eigenvalue weighted by atomic mass is 9.97. The quantitative estimate of drug-likeness (QED) is 0.578. The third kappa shape index (κ3) is 2.74. The van der Waals surface area contributed by atoms with E-state index in [1.165, 1.54) is 16.7 Å². The molecule has 94 valence electrons. The lowest BCUT2D eigenvalue weighted by Crippen LogP contribution is -1.98. The molecule has 18 heavy (non-hydrogen) atoms. The molecule has 0 N–H and O–H groups in total. The SMILES string of the molecule is Cc1cccc(C(Br)c2ccc(Cl)cc2Cl)c1C. The molecular formula is C15H13BrCl2. The molecule has 0 aliphatic heterocycles. The van der Waals surface area contributed by atoms with Gasteiger partial charge >= 0.3 is 0 Å². The van der Waals surface area contributed by atoms with Crippen LogP contribution in [0.4, 0.5) is 0 Å². The van der Waals surface area contributed by atoms with E-state index in [2.05, 4.69) is 48.0 Å². The van der Waals surface area contributed by atoms with Crippen LogP contribution in [0.15, 0.2) is 36.4 Å². The van der Waals surface area contributed by atoms with E-state index in [9.17, 15) is 0 Å². The summed E-state index contributed by atoms with van der Waals surface area (Å²) in [6.07, 6.45) is 0. The Morgan fingerprint density at radius 3 is 2.39 bits per heavy atom. The molecule has 0 aliphatic carbocycles. The molecule has 1 unspecified atom stereocenters. The average Bonchev–Trinajstić information content (AvgIpc) is 2.32. The van der Waals surface area contributed by atoms with Gasteiger partial charge in [-0.3, -0.25) is 0 Å². The van der Waals surface area contributed by atoms with Gasteiger partial charge in [0.25, 0.3) is 0 Å². The van der Waals surface area contributed by atoms with Crippen molar-refractivity contribution in [2.24, 2.45) is 0 Å². The summed E-state index contributed by atoms with van der Waals surface area (Å²) in [4.78, 5) is 0.0853. The fraction of sp³-hybridized carbons (Fsp3) is 0.200. The van der Waals surface area contributed by atoms with Crippen LogP contribution in [0.3, 0.4) is 0 Å². The molecule has 2 aromatic carbocycles. The van der Waals surface area contributed by atoms with Crippen molar-refractivity contribution in [3.63, 3.8) is 0 Å². The highest BCUT2D eigenvalue weighted by molar-refractivity contribution is 9.09. The van der Waals surface area contributed by atoms with Crippen molar-refractivity contribution in [2.75, 3.05) is 0 Å². The van der Waals surface area contributed by atoms with Crippen LogP contribution in [0.2, 0.25) is 10.0 Å². The predicted molar refractivity (Wildman–Crippen MR) is 83.1 cm³/mol. The first kappa shape index (κ1) is 13.9. The maximum atomic E-state index is 6.25.